The smallest absolute Gasteiger partial charge is 0.276 e. The minimum atomic E-state index is -0.408. The second-order valence-electron chi connectivity index (χ2n) is 5.23. The van der Waals surface area contributed by atoms with E-state index in [1.165, 1.54) is 37.5 Å². The van der Waals surface area contributed by atoms with Crippen LogP contribution in [0.4, 0.5) is 4.39 Å². The average molecular weight is 325 g/mol. The van der Waals surface area contributed by atoms with E-state index in [1.54, 1.807) is 6.07 Å². The zero-order valence-electron chi connectivity index (χ0n) is 12.2. The van der Waals surface area contributed by atoms with Gasteiger partial charge in [0.2, 0.25) is 0 Å². The summed E-state index contributed by atoms with van der Waals surface area (Å²) < 4.78 is 18.1. The lowest BCUT2D eigenvalue weighted by atomic mass is 9.96. The second kappa shape index (κ2) is 8.53. The number of nitrogens with one attached hydrogen (secondary N) is 3. The summed E-state index contributed by atoms with van der Waals surface area (Å²) in [6.07, 6.45) is 5.87. The molecule has 1 aliphatic rings. The van der Waals surface area contributed by atoms with E-state index in [2.05, 4.69) is 16.2 Å². The number of halogens is 1. The summed E-state index contributed by atoms with van der Waals surface area (Å²) in [4.78, 5) is 11.6. The van der Waals surface area contributed by atoms with Crippen LogP contribution in [0.1, 0.15) is 32.1 Å². The summed E-state index contributed by atoms with van der Waals surface area (Å²) in [7, 11) is 0. The highest BCUT2D eigenvalue weighted by Crippen LogP contribution is 2.17. The molecule has 0 spiro atoms. The lowest BCUT2D eigenvalue weighted by Gasteiger charge is -2.24. The molecule has 1 amide bonds. The Labute approximate surface area is 134 Å². The molecule has 0 atom stereocenters. The summed E-state index contributed by atoms with van der Waals surface area (Å²) in [6.45, 7) is -0.220. The van der Waals surface area contributed by atoms with Gasteiger partial charge in [-0.1, -0.05) is 25.3 Å². The molecule has 0 aromatic heterocycles. The van der Waals surface area contributed by atoms with Crippen LogP contribution in [0.2, 0.25) is 0 Å². The molecule has 1 saturated carbocycles. The second-order valence-corrected chi connectivity index (χ2v) is 5.64. The number of benzene rings is 1. The van der Waals surface area contributed by atoms with Gasteiger partial charge >= 0.3 is 0 Å². The lowest BCUT2D eigenvalue weighted by molar-refractivity contribution is -0.123. The predicted molar refractivity (Wildman–Crippen MR) is 85.8 cm³/mol. The Balaban J connectivity index is 1.63. The number of ether oxygens (including phenoxy) is 1. The van der Waals surface area contributed by atoms with Gasteiger partial charge in [0.25, 0.3) is 5.91 Å². The van der Waals surface area contributed by atoms with Gasteiger partial charge in [0.1, 0.15) is 11.6 Å². The van der Waals surface area contributed by atoms with Crippen LogP contribution in [0.5, 0.6) is 5.75 Å². The van der Waals surface area contributed by atoms with Crippen LogP contribution in [-0.2, 0) is 4.79 Å². The van der Waals surface area contributed by atoms with E-state index in [-0.39, 0.29) is 6.61 Å². The first-order valence-electron chi connectivity index (χ1n) is 7.37. The number of thiocarbonyl (C=S) groups is 1. The van der Waals surface area contributed by atoms with Gasteiger partial charge in [0, 0.05) is 12.1 Å². The zero-order valence-corrected chi connectivity index (χ0v) is 13.0. The van der Waals surface area contributed by atoms with Gasteiger partial charge in [-0.25, -0.2) is 4.39 Å². The summed E-state index contributed by atoms with van der Waals surface area (Å²) in [5, 5.41) is 3.57. The Hall–Kier alpha value is -1.89. The SMILES string of the molecule is O=C(COc1cccc(F)c1)NNC(=S)NC1CCCCC1. The average Bonchev–Trinajstić information content (AvgIpc) is 2.52. The molecule has 0 saturated heterocycles. The quantitative estimate of drug-likeness (QED) is 0.584. The summed E-state index contributed by atoms with van der Waals surface area (Å²) in [5.74, 6) is -0.496. The number of hydrogen-bond acceptors (Lipinski definition) is 3. The fraction of sp³-hybridized carbons (Fsp3) is 0.467. The highest BCUT2D eigenvalue weighted by atomic mass is 32.1. The van der Waals surface area contributed by atoms with Crippen LogP contribution in [0.15, 0.2) is 24.3 Å². The fourth-order valence-corrected chi connectivity index (χ4v) is 2.55. The number of hydrogen-bond donors (Lipinski definition) is 3. The van der Waals surface area contributed by atoms with Crippen LogP contribution in [0.3, 0.4) is 0 Å². The Morgan fingerprint density at radius 2 is 2.05 bits per heavy atom. The molecule has 2 rings (SSSR count). The first-order chi connectivity index (χ1) is 10.6. The Morgan fingerprint density at radius 1 is 1.27 bits per heavy atom. The topological polar surface area (TPSA) is 62.4 Å². The predicted octanol–water partition coefficient (Wildman–Crippen LogP) is 2.03. The monoisotopic (exact) mass is 325 g/mol. The molecule has 1 aliphatic carbocycles. The molecular weight excluding hydrogens is 305 g/mol. The number of rotatable bonds is 4. The summed E-state index contributed by atoms with van der Waals surface area (Å²) >= 11 is 5.12. The molecule has 3 N–H and O–H groups in total. The number of amides is 1. The molecule has 120 valence electrons. The van der Waals surface area contributed by atoms with Crippen molar-refractivity contribution in [3.05, 3.63) is 30.1 Å². The third kappa shape index (κ3) is 5.85. The molecule has 0 radical (unpaired) electrons. The highest BCUT2D eigenvalue weighted by Gasteiger charge is 2.14. The van der Waals surface area contributed by atoms with E-state index in [9.17, 15) is 9.18 Å². The van der Waals surface area contributed by atoms with E-state index in [1.807, 2.05) is 0 Å². The van der Waals surface area contributed by atoms with Crippen LogP contribution >= 0.6 is 12.2 Å². The Morgan fingerprint density at radius 3 is 2.77 bits per heavy atom. The van der Waals surface area contributed by atoms with Gasteiger partial charge in [0.15, 0.2) is 11.7 Å². The summed E-state index contributed by atoms with van der Waals surface area (Å²) in [5.41, 5.74) is 5.09. The van der Waals surface area contributed by atoms with Crippen molar-refractivity contribution < 1.29 is 13.9 Å². The normalized spacial score (nSPS) is 15.0. The molecule has 1 aromatic rings. The van der Waals surface area contributed by atoms with E-state index >= 15 is 0 Å². The van der Waals surface area contributed by atoms with Crippen molar-refractivity contribution in [2.45, 2.75) is 38.1 Å². The largest absolute Gasteiger partial charge is 0.484 e. The third-order valence-electron chi connectivity index (χ3n) is 3.42. The van der Waals surface area contributed by atoms with Gasteiger partial charge in [-0.05, 0) is 37.2 Å². The molecule has 1 aromatic carbocycles. The lowest BCUT2D eigenvalue weighted by Crippen LogP contribution is -2.51. The van der Waals surface area contributed by atoms with Crippen molar-refractivity contribution in [3.63, 3.8) is 0 Å². The first kappa shape index (κ1) is 16.5. The number of hydrazine groups is 1. The molecule has 0 unspecified atom stereocenters. The van der Waals surface area contributed by atoms with Gasteiger partial charge in [-0.2, -0.15) is 0 Å². The maximum atomic E-state index is 12.9. The molecule has 1 fully saturated rings. The van der Waals surface area contributed by atoms with E-state index < -0.39 is 11.7 Å². The van der Waals surface area contributed by atoms with Gasteiger partial charge < -0.3 is 10.1 Å². The van der Waals surface area contributed by atoms with Crippen molar-refractivity contribution in [1.29, 1.82) is 0 Å². The highest BCUT2D eigenvalue weighted by molar-refractivity contribution is 7.80. The molecule has 0 bridgehead atoms. The van der Waals surface area contributed by atoms with E-state index in [4.69, 9.17) is 17.0 Å². The minimum absolute atomic E-state index is 0.220. The van der Waals surface area contributed by atoms with Crippen molar-refractivity contribution in [1.82, 2.24) is 16.2 Å². The number of carbonyl (C=O) groups excluding carboxylic acids is 1. The molecule has 0 heterocycles. The number of carbonyl (C=O) groups is 1. The molecule has 0 aliphatic heterocycles. The van der Waals surface area contributed by atoms with E-state index in [0.29, 0.717) is 16.9 Å². The van der Waals surface area contributed by atoms with Crippen molar-refractivity contribution >= 4 is 23.2 Å². The van der Waals surface area contributed by atoms with Gasteiger partial charge in [-0.3, -0.25) is 15.6 Å². The first-order valence-corrected chi connectivity index (χ1v) is 7.78. The third-order valence-corrected chi connectivity index (χ3v) is 3.64. The molecule has 7 heteroatoms. The molecular formula is C15H20FN3O2S. The summed E-state index contributed by atoms with van der Waals surface area (Å²) in [6, 6.07) is 6.00. The Bertz CT molecular complexity index is 521. The molecule has 22 heavy (non-hydrogen) atoms. The van der Waals surface area contributed by atoms with E-state index in [0.717, 1.165) is 12.8 Å². The van der Waals surface area contributed by atoms with Gasteiger partial charge in [0.05, 0.1) is 0 Å². The van der Waals surface area contributed by atoms with Crippen molar-refractivity contribution in [2.24, 2.45) is 0 Å². The standard InChI is InChI=1S/C15H20FN3O2S/c16-11-5-4-8-13(9-11)21-10-14(20)18-19-15(22)17-12-6-2-1-3-7-12/h4-5,8-9,12H,1-3,6-7,10H2,(H,18,20)(H2,17,19,22). The van der Waals surface area contributed by atoms with Crippen LogP contribution in [0, 0.1) is 5.82 Å². The van der Waals surface area contributed by atoms with Crippen LogP contribution < -0.4 is 20.9 Å². The Kier molecular flexibility index (Phi) is 6.39. The van der Waals surface area contributed by atoms with Crippen LogP contribution in [-0.4, -0.2) is 23.7 Å². The van der Waals surface area contributed by atoms with Gasteiger partial charge in [-0.15, -0.1) is 0 Å². The van der Waals surface area contributed by atoms with Crippen LogP contribution in [0.25, 0.3) is 0 Å². The minimum Gasteiger partial charge on any atom is -0.484 e. The maximum absolute atomic E-state index is 12.9. The maximum Gasteiger partial charge on any atom is 0.276 e. The fourth-order valence-electron chi connectivity index (χ4n) is 2.34. The van der Waals surface area contributed by atoms with Crippen molar-refractivity contribution in [2.75, 3.05) is 6.61 Å². The van der Waals surface area contributed by atoms with Crippen molar-refractivity contribution in [3.8, 4) is 5.75 Å². The zero-order chi connectivity index (χ0) is 15.8. The molecule has 5 nitrogen and oxygen atoms in total.